The summed E-state index contributed by atoms with van der Waals surface area (Å²) in [5.74, 6) is -0.0811. The lowest BCUT2D eigenvalue weighted by molar-refractivity contribution is 0.0846. The molecule has 2 aliphatic rings. The van der Waals surface area contributed by atoms with Crippen molar-refractivity contribution in [1.82, 2.24) is 15.2 Å². The average Bonchev–Trinajstić information content (AvgIpc) is 3.43. The van der Waals surface area contributed by atoms with Crippen LogP contribution in [-0.2, 0) is 10.0 Å². The lowest BCUT2D eigenvalue weighted by atomic mass is 10.2. The van der Waals surface area contributed by atoms with E-state index in [0.29, 0.717) is 30.2 Å². The molecule has 0 unspecified atom stereocenters. The molecule has 2 amide bonds. The van der Waals surface area contributed by atoms with E-state index in [1.165, 1.54) is 34.6 Å². The Morgan fingerprint density at radius 3 is 2.10 bits per heavy atom. The maximum Gasteiger partial charge on any atom is 0.269 e. The van der Waals surface area contributed by atoms with Gasteiger partial charge in [-0.25, -0.2) is 8.42 Å². The van der Waals surface area contributed by atoms with Crippen molar-refractivity contribution in [2.45, 2.75) is 17.7 Å². The summed E-state index contributed by atoms with van der Waals surface area (Å²) >= 11 is 0. The minimum absolute atomic E-state index is 0.0978. The Morgan fingerprint density at radius 2 is 1.41 bits per heavy atom. The number of rotatable bonds is 4. The number of benzene rings is 2. The fraction of sp³-hybridized carbons (Fsp3) is 0.263. The number of nitrogens with zero attached hydrogens (tertiary/aromatic N) is 1. The summed E-state index contributed by atoms with van der Waals surface area (Å²) in [5.41, 5.74) is 5.14. The van der Waals surface area contributed by atoms with Crippen LogP contribution in [0.1, 0.15) is 33.6 Å². The van der Waals surface area contributed by atoms with Crippen LogP contribution < -0.4 is 20.3 Å². The molecule has 0 spiro atoms. The number of nitrogens with one attached hydrogen (secondary N) is 2. The molecule has 2 N–H and O–H groups in total. The van der Waals surface area contributed by atoms with Crippen LogP contribution in [-0.4, -0.2) is 44.4 Å². The predicted octanol–water partition coefficient (Wildman–Crippen LogP) is 1.27. The highest BCUT2D eigenvalue weighted by Crippen LogP contribution is 2.32. The smallest absolute Gasteiger partial charge is 0.269 e. The fourth-order valence-corrected chi connectivity index (χ4v) is 4.67. The topological polar surface area (TPSA) is 114 Å². The number of hydrogen-bond acceptors (Lipinski definition) is 6. The van der Waals surface area contributed by atoms with Crippen molar-refractivity contribution in [3.05, 3.63) is 53.6 Å². The number of carbonyl (C=O) groups is 2. The zero-order valence-electron chi connectivity index (χ0n) is 15.4. The van der Waals surface area contributed by atoms with E-state index in [4.69, 9.17) is 9.47 Å². The molecule has 10 heteroatoms. The fourth-order valence-electron chi connectivity index (χ4n) is 3.15. The molecule has 0 radical (unpaired) electrons. The molecule has 29 heavy (non-hydrogen) atoms. The summed E-state index contributed by atoms with van der Waals surface area (Å²) in [4.78, 5) is 24.6. The third kappa shape index (κ3) is 3.89. The van der Waals surface area contributed by atoms with Crippen molar-refractivity contribution in [3.8, 4) is 11.5 Å². The Balaban J connectivity index is 1.38. The van der Waals surface area contributed by atoms with E-state index in [0.717, 1.165) is 12.8 Å². The van der Waals surface area contributed by atoms with Gasteiger partial charge >= 0.3 is 0 Å². The van der Waals surface area contributed by atoms with E-state index >= 15 is 0 Å². The van der Waals surface area contributed by atoms with Crippen molar-refractivity contribution >= 4 is 21.8 Å². The molecule has 2 aliphatic heterocycles. The Morgan fingerprint density at radius 1 is 0.828 bits per heavy atom. The molecular weight excluding hydrogens is 398 g/mol. The second kappa shape index (κ2) is 7.72. The van der Waals surface area contributed by atoms with Crippen LogP contribution in [0.5, 0.6) is 11.5 Å². The van der Waals surface area contributed by atoms with Crippen LogP contribution in [0.3, 0.4) is 0 Å². The van der Waals surface area contributed by atoms with Gasteiger partial charge in [0.25, 0.3) is 11.8 Å². The first-order valence-corrected chi connectivity index (χ1v) is 10.5. The maximum atomic E-state index is 12.5. The Bertz CT molecular complexity index is 1050. The largest absolute Gasteiger partial charge is 0.454 e. The molecule has 152 valence electrons. The highest BCUT2D eigenvalue weighted by atomic mass is 32.2. The third-order valence-corrected chi connectivity index (χ3v) is 6.66. The number of hydrazine groups is 1. The summed E-state index contributed by atoms with van der Waals surface area (Å²) in [6.07, 6.45) is 1.70. The second-order valence-electron chi connectivity index (χ2n) is 6.61. The molecule has 4 rings (SSSR count). The number of carbonyl (C=O) groups excluding carboxylic acids is 2. The van der Waals surface area contributed by atoms with Gasteiger partial charge in [0.1, 0.15) is 0 Å². The zero-order valence-corrected chi connectivity index (χ0v) is 16.2. The molecule has 0 aromatic heterocycles. The van der Waals surface area contributed by atoms with Crippen LogP contribution >= 0.6 is 0 Å². The first-order valence-electron chi connectivity index (χ1n) is 9.06. The van der Waals surface area contributed by atoms with Gasteiger partial charge in [0, 0.05) is 24.2 Å². The second-order valence-corrected chi connectivity index (χ2v) is 8.55. The third-order valence-electron chi connectivity index (χ3n) is 4.74. The van der Waals surface area contributed by atoms with E-state index in [1.807, 2.05) is 0 Å². The lowest BCUT2D eigenvalue weighted by Gasteiger charge is -2.15. The van der Waals surface area contributed by atoms with Crippen LogP contribution in [0.25, 0.3) is 0 Å². The van der Waals surface area contributed by atoms with Gasteiger partial charge in [-0.2, -0.15) is 4.31 Å². The monoisotopic (exact) mass is 417 g/mol. The number of sulfonamides is 1. The van der Waals surface area contributed by atoms with Gasteiger partial charge in [-0.1, -0.05) is 0 Å². The number of amides is 2. The Hall–Kier alpha value is -3.11. The Labute approximate surface area is 167 Å². The molecule has 1 saturated heterocycles. The van der Waals surface area contributed by atoms with Gasteiger partial charge in [0.15, 0.2) is 11.5 Å². The average molecular weight is 417 g/mol. The summed E-state index contributed by atoms with van der Waals surface area (Å²) < 4.78 is 36.9. The van der Waals surface area contributed by atoms with Gasteiger partial charge in [-0.3, -0.25) is 20.4 Å². The van der Waals surface area contributed by atoms with Crippen molar-refractivity contribution in [2.75, 3.05) is 19.9 Å². The van der Waals surface area contributed by atoms with Crippen LogP contribution in [0.15, 0.2) is 47.4 Å². The number of hydrogen-bond donors (Lipinski definition) is 2. The maximum absolute atomic E-state index is 12.5. The summed E-state index contributed by atoms with van der Waals surface area (Å²) in [5, 5.41) is 0. The summed E-state index contributed by atoms with van der Waals surface area (Å²) in [7, 11) is -3.54. The van der Waals surface area contributed by atoms with Crippen molar-refractivity contribution < 1.29 is 27.5 Å². The van der Waals surface area contributed by atoms with Gasteiger partial charge in [0.05, 0.1) is 4.90 Å². The van der Waals surface area contributed by atoms with Crippen LogP contribution in [0.4, 0.5) is 0 Å². The molecular formula is C19H19N3O6S. The number of ether oxygens (including phenoxy) is 2. The highest BCUT2D eigenvalue weighted by molar-refractivity contribution is 7.89. The van der Waals surface area contributed by atoms with E-state index in [9.17, 15) is 18.0 Å². The normalized spacial score (nSPS) is 15.9. The molecule has 9 nitrogen and oxygen atoms in total. The van der Waals surface area contributed by atoms with Crippen molar-refractivity contribution in [2.24, 2.45) is 0 Å². The van der Waals surface area contributed by atoms with Gasteiger partial charge in [-0.15, -0.1) is 0 Å². The van der Waals surface area contributed by atoms with Crippen LogP contribution in [0.2, 0.25) is 0 Å². The van der Waals surface area contributed by atoms with Gasteiger partial charge in [-0.05, 0) is 55.3 Å². The highest BCUT2D eigenvalue weighted by Gasteiger charge is 2.27. The first kappa shape index (κ1) is 19.2. The summed E-state index contributed by atoms with van der Waals surface area (Å²) in [6.45, 7) is 1.12. The van der Waals surface area contributed by atoms with E-state index in [2.05, 4.69) is 10.9 Å². The molecule has 0 aliphatic carbocycles. The summed E-state index contributed by atoms with van der Waals surface area (Å²) in [6, 6.07) is 10.3. The van der Waals surface area contributed by atoms with Crippen molar-refractivity contribution in [1.29, 1.82) is 0 Å². The van der Waals surface area contributed by atoms with E-state index < -0.39 is 21.8 Å². The molecule has 2 aromatic rings. The first-order chi connectivity index (χ1) is 13.9. The zero-order chi connectivity index (χ0) is 20.4. The van der Waals surface area contributed by atoms with E-state index in [-0.39, 0.29) is 17.3 Å². The molecule has 1 fully saturated rings. The van der Waals surface area contributed by atoms with E-state index in [1.54, 1.807) is 12.1 Å². The molecule has 0 saturated carbocycles. The van der Waals surface area contributed by atoms with Gasteiger partial charge in [0.2, 0.25) is 16.8 Å². The molecule has 2 aromatic carbocycles. The molecule has 0 atom stereocenters. The minimum atomic E-state index is -3.54. The van der Waals surface area contributed by atoms with Gasteiger partial charge < -0.3 is 9.47 Å². The minimum Gasteiger partial charge on any atom is -0.454 e. The number of fused-ring (bicyclic) bond motifs is 1. The standard InChI is InChI=1S/C19H19N3O6S/c23-18(20-21-19(24)14-5-8-16-17(11-14)28-12-27-16)13-3-6-15(7-4-13)29(25,26)22-9-1-2-10-22/h3-8,11H,1-2,9-10,12H2,(H,20,23)(H,21,24). The van der Waals surface area contributed by atoms with Crippen LogP contribution in [0, 0.1) is 0 Å². The quantitative estimate of drug-likeness (QED) is 0.725. The SMILES string of the molecule is O=C(NNC(=O)c1ccc2c(c1)OCO2)c1ccc(S(=O)(=O)N2CCCC2)cc1. The lowest BCUT2D eigenvalue weighted by Crippen LogP contribution is -2.41. The molecule has 0 bridgehead atoms. The van der Waals surface area contributed by atoms with Crippen molar-refractivity contribution in [3.63, 3.8) is 0 Å². The molecule has 2 heterocycles. The predicted molar refractivity (Wildman–Crippen MR) is 102 cm³/mol. The Kier molecular flexibility index (Phi) is 5.12.